The molecule has 3 aromatic heterocycles. The zero-order chi connectivity index (χ0) is 32.5. The molecule has 10 nitrogen and oxygen atoms in total. The second-order valence-corrected chi connectivity index (χ2v) is 11.4. The van der Waals surface area contributed by atoms with Crippen LogP contribution in [0.15, 0.2) is 97.2 Å². The first-order valence-corrected chi connectivity index (χ1v) is 15.1. The number of phenolic OH excluding ortho intramolecular Hbond substituents is 1. The molecule has 4 heterocycles. The summed E-state index contributed by atoms with van der Waals surface area (Å²) in [5, 5.41) is 9.99. The highest BCUT2D eigenvalue weighted by Gasteiger charge is 2.23. The Morgan fingerprint density at radius 2 is 1.72 bits per heavy atom. The molecule has 0 spiro atoms. The zero-order valence-electron chi connectivity index (χ0n) is 25.3. The van der Waals surface area contributed by atoms with Crippen LogP contribution in [-0.2, 0) is 6.54 Å². The molecule has 7 rings (SSSR count). The number of aromatic nitrogens is 4. The van der Waals surface area contributed by atoms with Gasteiger partial charge in [0.05, 0.1) is 16.8 Å². The normalized spacial score (nSPS) is 13.6. The largest absolute Gasteiger partial charge is 0.507 e. The van der Waals surface area contributed by atoms with E-state index in [1.165, 1.54) is 24.3 Å². The Hall–Kier alpha value is -5.94. The third-order valence-electron chi connectivity index (χ3n) is 8.37. The summed E-state index contributed by atoms with van der Waals surface area (Å²) < 4.78 is 16.0. The first kappa shape index (κ1) is 29.8. The van der Waals surface area contributed by atoms with E-state index in [2.05, 4.69) is 22.0 Å². The molecule has 0 atom stereocenters. The quantitative estimate of drug-likeness (QED) is 0.227. The molecule has 0 saturated carbocycles. The van der Waals surface area contributed by atoms with E-state index >= 15 is 0 Å². The van der Waals surface area contributed by atoms with Crippen LogP contribution in [0.25, 0.3) is 39.5 Å². The molecule has 11 heteroatoms. The van der Waals surface area contributed by atoms with E-state index in [1.807, 2.05) is 47.0 Å². The lowest BCUT2D eigenvalue weighted by molar-refractivity contribution is 0.0628. The van der Waals surface area contributed by atoms with Crippen molar-refractivity contribution < 1.29 is 19.1 Å². The Bertz CT molecular complexity index is 2120. The molecule has 3 aromatic carbocycles. The number of piperazine rings is 1. The Kier molecular flexibility index (Phi) is 7.88. The molecule has 1 fully saturated rings. The topological polar surface area (TPSA) is 130 Å². The SMILES string of the molecule is Nc1ncccc1-c1nc2ccc(-c3cccc(F)c3)nc2n1-c1ccc(CN2CCN(C(=O)c3ccc(C=O)c(O)c3)CC2)cc1. The monoisotopic (exact) mass is 627 g/mol. The van der Waals surface area contributed by atoms with Gasteiger partial charge in [0.2, 0.25) is 0 Å². The van der Waals surface area contributed by atoms with E-state index in [-0.39, 0.29) is 23.0 Å². The number of carbonyl (C=O) groups excluding carboxylic acids is 2. The highest BCUT2D eigenvalue weighted by atomic mass is 19.1. The molecule has 0 bridgehead atoms. The maximum absolute atomic E-state index is 14.0. The second-order valence-electron chi connectivity index (χ2n) is 11.4. The Balaban J connectivity index is 1.13. The molecule has 1 aliphatic heterocycles. The lowest BCUT2D eigenvalue weighted by atomic mass is 10.1. The van der Waals surface area contributed by atoms with Gasteiger partial charge in [-0.1, -0.05) is 24.3 Å². The summed E-state index contributed by atoms with van der Waals surface area (Å²) in [6.45, 7) is 3.17. The average Bonchev–Trinajstić information content (AvgIpc) is 3.47. The van der Waals surface area contributed by atoms with E-state index in [0.29, 0.717) is 84.2 Å². The molecule has 234 valence electrons. The maximum Gasteiger partial charge on any atom is 0.254 e. The standard InChI is InChI=1S/C36H30FN7O3/c37-27-4-1-3-24(19-27)30-12-13-31-35(40-30)44(34(41-31)29-5-2-14-39-33(29)38)28-10-6-23(7-11-28)21-42-15-17-43(18-16-42)36(47)25-8-9-26(22-45)32(46)20-25/h1-14,19-20,22,46H,15-18,21H2,(H2,38,39). The number of nitrogens with zero attached hydrogens (tertiary/aromatic N) is 6. The number of imidazole rings is 1. The van der Waals surface area contributed by atoms with E-state index in [9.17, 15) is 19.1 Å². The van der Waals surface area contributed by atoms with Crippen molar-refractivity contribution in [1.29, 1.82) is 0 Å². The van der Waals surface area contributed by atoms with Crippen molar-refractivity contribution >= 4 is 29.2 Å². The van der Waals surface area contributed by atoms with Crippen molar-refractivity contribution in [2.24, 2.45) is 0 Å². The van der Waals surface area contributed by atoms with E-state index in [1.54, 1.807) is 23.2 Å². The third-order valence-corrected chi connectivity index (χ3v) is 8.37. The molecule has 47 heavy (non-hydrogen) atoms. The molecule has 1 amide bonds. The Labute approximate surface area is 269 Å². The number of aldehydes is 1. The summed E-state index contributed by atoms with van der Waals surface area (Å²) >= 11 is 0. The highest BCUT2D eigenvalue weighted by Crippen LogP contribution is 2.32. The predicted molar refractivity (Wildman–Crippen MR) is 177 cm³/mol. The molecule has 0 aliphatic carbocycles. The number of pyridine rings is 2. The van der Waals surface area contributed by atoms with Gasteiger partial charge in [-0.3, -0.25) is 19.1 Å². The number of nitrogens with two attached hydrogens (primary N) is 1. The molecular formula is C36H30FN7O3. The number of phenols is 1. The van der Waals surface area contributed by atoms with Crippen LogP contribution in [0.2, 0.25) is 0 Å². The second kappa shape index (κ2) is 12.5. The summed E-state index contributed by atoms with van der Waals surface area (Å²) in [5.74, 6) is 0.232. The highest BCUT2D eigenvalue weighted by molar-refractivity contribution is 5.96. The van der Waals surface area contributed by atoms with Gasteiger partial charge in [0.15, 0.2) is 17.8 Å². The van der Waals surface area contributed by atoms with Crippen molar-refractivity contribution in [3.05, 3.63) is 120 Å². The molecule has 0 unspecified atom stereocenters. The van der Waals surface area contributed by atoms with Gasteiger partial charge in [0, 0.05) is 55.7 Å². The predicted octanol–water partition coefficient (Wildman–Crippen LogP) is 5.35. The number of fused-ring (bicyclic) bond motifs is 1. The fraction of sp³-hybridized carbons (Fsp3) is 0.139. The van der Waals surface area contributed by atoms with Crippen LogP contribution >= 0.6 is 0 Å². The summed E-state index contributed by atoms with van der Waals surface area (Å²) in [6.07, 6.45) is 2.19. The number of aromatic hydroxyl groups is 1. The van der Waals surface area contributed by atoms with Gasteiger partial charge in [-0.05, 0) is 72.3 Å². The van der Waals surface area contributed by atoms with Crippen molar-refractivity contribution in [2.45, 2.75) is 6.54 Å². The van der Waals surface area contributed by atoms with Crippen LogP contribution in [0.4, 0.5) is 10.2 Å². The number of halogens is 1. The van der Waals surface area contributed by atoms with Gasteiger partial charge in [0.25, 0.3) is 5.91 Å². The lowest BCUT2D eigenvalue weighted by Gasteiger charge is -2.34. The minimum absolute atomic E-state index is 0.154. The number of hydrogen-bond donors (Lipinski definition) is 2. The zero-order valence-corrected chi connectivity index (χ0v) is 25.3. The Morgan fingerprint density at radius 1 is 0.915 bits per heavy atom. The summed E-state index contributed by atoms with van der Waals surface area (Å²) in [7, 11) is 0. The summed E-state index contributed by atoms with van der Waals surface area (Å²) in [4.78, 5) is 42.1. The summed E-state index contributed by atoms with van der Waals surface area (Å²) in [6, 6.07) is 26.2. The Morgan fingerprint density at radius 3 is 2.45 bits per heavy atom. The fourth-order valence-corrected chi connectivity index (χ4v) is 5.87. The van der Waals surface area contributed by atoms with Gasteiger partial charge in [-0.15, -0.1) is 0 Å². The molecule has 1 saturated heterocycles. The number of nitrogen functional groups attached to an aromatic ring is 1. The maximum atomic E-state index is 14.0. The number of rotatable bonds is 7. The van der Waals surface area contributed by atoms with Crippen LogP contribution in [0.1, 0.15) is 26.3 Å². The number of amides is 1. The van der Waals surface area contributed by atoms with Gasteiger partial charge >= 0.3 is 0 Å². The average molecular weight is 628 g/mol. The fourth-order valence-electron chi connectivity index (χ4n) is 5.87. The smallest absolute Gasteiger partial charge is 0.254 e. The van der Waals surface area contributed by atoms with Crippen LogP contribution in [0, 0.1) is 5.82 Å². The van der Waals surface area contributed by atoms with Gasteiger partial charge in [-0.25, -0.2) is 19.3 Å². The molecule has 3 N–H and O–H groups in total. The van der Waals surface area contributed by atoms with Crippen LogP contribution in [0.5, 0.6) is 5.75 Å². The third kappa shape index (κ3) is 5.91. The van der Waals surface area contributed by atoms with E-state index < -0.39 is 0 Å². The van der Waals surface area contributed by atoms with Crippen molar-refractivity contribution in [3.63, 3.8) is 0 Å². The van der Waals surface area contributed by atoms with Crippen LogP contribution in [-0.4, -0.2) is 72.8 Å². The minimum Gasteiger partial charge on any atom is -0.507 e. The van der Waals surface area contributed by atoms with Crippen molar-refractivity contribution in [1.82, 2.24) is 29.3 Å². The molecule has 1 aliphatic rings. The van der Waals surface area contributed by atoms with Gasteiger partial charge < -0.3 is 15.7 Å². The summed E-state index contributed by atoms with van der Waals surface area (Å²) in [5.41, 5.74) is 11.9. The van der Waals surface area contributed by atoms with Crippen molar-refractivity contribution in [3.8, 4) is 34.1 Å². The van der Waals surface area contributed by atoms with E-state index in [0.717, 1.165) is 11.3 Å². The minimum atomic E-state index is -0.337. The van der Waals surface area contributed by atoms with Crippen LogP contribution in [0.3, 0.4) is 0 Å². The number of benzene rings is 3. The van der Waals surface area contributed by atoms with E-state index in [4.69, 9.17) is 15.7 Å². The van der Waals surface area contributed by atoms with Gasteiger partial charge in [0.1, 0.15) is 22.9 Å². The lowest BCUT2D eigenvalue weighted by Crippen LogP contribution is -2.48. The van der Waals surface area contributed by atoms with Crippen LogP contribution < -0.4 is 5.73 Å². The molecule has 0 radical (unpaired) electrons. The molecular weight excluding hydrogens is 597 g/mol. The number of hydrogen-bond acceptors (Lipinski definition) is 8. The van der Waals surface area contributed by atoms with Crippen molar-refractivity contribution in [2.75, 3.05) is 31.9 Å². The molecule has 6 aromatic rings. The first-order valence-electron chi connectivity index (χ1n) is 15.1. The number of anilines is 1. The number of carbonyl (C=O) groups is 2. The first-order chi connectivity index (χ1) is 22.9. The van der Waals surface area contributed by atoms with Gasteiger partial charge in [-0.2, -0.15) is 0 Å².